The van der Waals surface area contributed by atoms with Crippen molar-refractivity contribution in [3.8, 4) is 0 Å². The molecule has 1 heterocycles. The van der Waals surface area contributed by atoms with Gasteiger partial charge in [-0.1, -0.05) is 29.3 Å². The Balaban J connectivity index is 2.22. The smallest absolute Gasteiger partial charge is 0.229 e. The van der Waals surface area contributed by atoms with Gasteiger partial charge in [0.1, 0.15) is 0 Å². The standard InChI is InChI=1S/C11H10Cl3N5/c1-5(7-3-2-6(12)4-8(7)13)16-11-18-9(14)17-10(15)19-11/h2-5H,1H3,(H3,15,16,17,18,19). The van der Waals surface area contributed by atoms with Crippen LogP contribution in [0.3, 0.4) is 0 Å². The van der Waals surface area contributed by atoms with Gasteiger partial charge in [-0.15, -0.1) is 0 Å². The quantitative estimate of drug-likeness (QED) is 0.904. The summed E-state index contributed by atoms with van der Waals surface area (Å²) >= 11 is 17.7. The minimum atomic E-state index is -0.136. The van der Waals surface area contributed by atoms with Crippen molar-refractivity contribution in [2.75, 3.05) is 11.1 Å². The number of rotatable bonds is 3. The number of nitrogens with two attached hydrogens (primary N) is 1. The third-order valence-electron chi connectivity index (χ3n) is 2.40. The molecule has 100 valence electrons. The largest absolute Gasteiger partial charge is 0.368 e. The van der Waals surface area contributed by atoms with E-state index in [9.17, 15) is 0 Å². The molecule has 0 aliphatic carbocycles. The Morgan fingerprint density at radius 3 is 2.53 bits per heavy atom. The molecule has 0 saturated carbocycles. The van der Waals surface area contributed by atoms with Gasteiger partial charge < -0.3 is 11.1 Å². The summed E-state index contributed by atoms with van der Waals surface area (Å²) in [6.45, 7) is 1.91. The van der Waals surface area contributed by atoms with Gasteiger partial charge in [-0.3, -0.25) is 0 Å². The molecule has 2 aromatic rings. The van der Waals surface area contributed by atoms with Crippen LogP contribution in [0.5, 0.6) is 0 Å². The van der Waals surface area contributed by atoms with E-state index in [1.54, 1.807) is 12.1 Å². The first kappa shape index (κ1) is 14.1. The van der Waals surface area contributed by atoms with Crippen LogP contribution in [0.1, 0.15) is 18.5 Å². The van der Waals surface area contributed by atoms with E-state index in [0.29, 0.717) is 10.0 Å². The Kier molecular flexibility index (Phi) is 4.29. The van der Waals surface area contributed by atoms with Gasteiger partial charge in [-0.2, -0.15) is 15.0 Å². The van der Waals surface area contributed by atoms with E-state index in [1.807, 2.05) is 13.0 Å². The summed E-state index contributed by atoms with van der Waals surface area (Å²) in [5.41, 5.74) is 6.36. The van der Waals surface area contributed by atoms with Crippen molar-refractivity contribution in [1.29, 1.82) is 0 Å². The Bertz CT molecular complexity index is 585. The van der Waals surface area contributed by atoms with Crippen molar-refractivity contribution >= 4 is 46.7 Å². The highest BCUT2D eigenvalue weighted by Gasteiger charge is 2.12. The van der Waals surface area contributed by atoms with Gasteiger partial charge >= 0.3 is 0 Å². The van der Waals surface area contributed by atoms with Crippen molar-refractivity contribution in [2.45, 2.75) is 13.0 Å². The highest BCUT2D eigenvalue weighted by Crippen LogP contribution is 2.27. The molecule has 1 aromatic heterocycles. The molecule has 1 unspecified atom stereocenters. The van der Waals surface area contributed by atoms with Gasteiger partial charge in [0.25, 0.3) is 0 Å². The van der Waals surface area contributed by atoms with Gasteiger partial charge in [0.2, 0.25) is 17.2 Å². The number of halogens is 3. The van der Waals surface area contributed by atoms with Crippen molar-refractivity contribution in [3.63, 3.8) is 0 Å². The molecule has 0 saturated heterocycles. The second kappa shape index (κ2) is 5.77. The fourth-order valence-electron chi connectivity index (χ4n) is 1.55. The molecule has 0 bridgehead atoms. The summed E-state index contributed by atoms with van der Waals surface area (Å²) in [5.74, 6) is 0.341. The maximum atomic E-state index is 6.12. The van der Waals surface area contributed by atoms with Crippen molar-refractivity contribution in [1.82, 2.24) is 15.0 Å². The van der Waals surface area contributed by atoms with E-state index in [0.717, 1.165) is 5.56 Å². The molecule has 2 rings (SSSR count). The summed E-state index contributed by atoms with van der Waals surface area (Å²) in [4.78, 5) is 11.5. The van der Waals surface area contributed by atoms with Crippen LogP contribution in [0.25, 0.3) is 0 Å². The first-order valence-electron chi connectivity index (χ1n) is 5.34. The molecule has 5 nitrogen and oxygen atoms in total. The Morgan fingerprint density at radius 1 is 1.16 bits per heavy atom. The number of aromatic nitrogens is 3. The fraction of sp³-hybridized carbons (Fsp3) is 0.182. The van der Waals surface area contributed by atoms with Gasteiger partial charge in [0, 0.05) is 10.0 Å². The number of benzene rings is 1. The number of hydrogen-bond donors (Lipinski definition) is 2. The lowest BCUT2D eigenvalue weighted by Crippen LogP contribution is -2.11. The van der Waals surface area contributed by atoms with Crippen molar-refractivity contribution in [3.05, 3.63) is 39.1 Å². The Hall–Kier alpha value is -1.30. The number of nitrogen functional groups attached to an aromatic ring is 1. The predicted molar refractivity (Wildman–Crippen MR) is 77.7 cm³/mol. The molecule has 0 aliphatic rings. The van der Waals surface area contributed by atoms with E-state index < -0.39 is 0 Å². The lowest BCUT2D eigenvalue weighted by Gasteiger charge is -2.15. The molecule has 0 fully saturated rings. The fourth-order valence-corrected chi connectivity index (χ4v) is 2.29. The number of hydrogen-bond acceptors (Lipinski definition) is 5. The third-order valence-corrected chi connectivity index (χ3v) is 3.13. The number of anilines is 2. The van der Waals surface area contributed by atoms with E-state index >= 15 is 0 Å². The minimum Gasteiger partial charge on any atom is -0.368 e. The summed E-state index contributed by atoms with van der Waals surface area (Å²) in [5, 5.41) is 4.21. The summed E-state index contributed by atoms with van der Waals surface area (Å²) < 4.78 is 0. The van der Waals surface area contributed by atoms with E-state index in [4.69, 9.17) is 40.5 Å². The molecule has 0 radical (unpaired) electrons. The Morgan fingerprint density at radius 2 is 1.89 bits per heavy atom. The zero-order valence-corrected chi connectivity index (χ0v) is 12.1. The summed E-state index contributed by atoms with van der Waals surface area (Å²) in [7, 11) is 0. The van der Waals surface area contributed by atoms with Crippen LogP contribution in [-0.4, -0.2) is 15.0 Å². The lowest BCUT2D eigenvalue weighted by molar-refractivity contribution is 0.856. The van der Waals surface area contributed by atoms with Crippen LogP contribution in [-0.2, 0) is 0 Å². The zero-order valence-electron chi connectivity index (χ0n) is 9.86. The highest BCUT2D eigenvalue weighted by atomic mass is 35.5. The van der Waals surface area contributed by atoms with Crippen LogP contribution in [0.2, 0.25) is 15.3 Å². The predicted octanol–water partition coefficient (Wildman–Crippen LogP) is 3.59. The highest BCUT2D eigenvalue weighted by molar-refractivity contribution is 6.35. The molecule has 3 N–H and O–H groups in total. The van der Waals surface area contributed by atoms with Crippen molar-refractivity contribution < 1.29 is 0 Å². The minimum absolute atomic E-state index is 0.0319. The normalized spacial score (nSPS) is 12.2. The van der Waals surface area contributed by atoms with E-state index in [-0.39, 0.29) is 23.2 Å². The average Bonchev–Trinajstić information content (AvgIpc) is 2.26. The molecule has 0 aliphatic heterocycles. The topological polar surface area (TPSA) is 76.7 Å². The maximum Gasteiger partial charge on any atom is 0.229 e. The molecule has 1 atom stereocenters. The second-order valence-electron chi connectivity index (χ2n) is 3.82. The van der Waals surface area contributed by atoms with Crippen LogP contribution < -0.4 is 11.1 Å². The van der Waals surface area contributed by atoms with E-state index in [2.05, 4.69) is 20.3 Å². The first-order valence-corrected chi connectivity index (χ1v) is 6.47. The Labute approximate surface area is 125 Å². The first-order chi connectivity index (χ1) is 8.95. The number of nitrogens with one attached hydrogen (secondary N) is 1. The monoisotopic (exact) mass is 317 g/mol. The number of nitrogens with zero attached hydrogens (tertiary/aromatic N) is 3. The van der Waals surface area contributed by atoms with Gasteiger partial charge in [0.15, 0.2) is 0 Å². The average molecular weight is 319 g/mol. The lowest BCUT2D eigenvalue weighted by atomic mass is 10.1. The SMILES string of the molecule is CC(Nc1nc(N)nc(Cl)n1)c1ccc(Cl)cc1Cl. The molecular weight excluding hydrogens is 309 g/mol. The zero-order chi connectivity index (χ0) is 14.0. The van der Waals surface area contributed by atoms with Crippen molar-refractivity contribution in [2.24, 2.45) is 0 Å². The summed E-state index contributed by atoms with van der Waals surface area (Å²) in [6, 6.07) is 5.12. The van der Waals surface area contributed by atoms with Gasteiger partial charge in [-0.05, 0) is 36.2 Å². The molecule has 8 heteroatoms. The van der Waals surface area contributed by atoms with E-state index in [1.165, 1.54) is 0 Å². The second-order valence-corrected chi connectivity index (χ2v) is 5.00. The maximum absolute atomic E-state index is 6.12. The van der Waals surface area contributed by atoms with Crippen LogP contribution in [0, 0.1) is 0 Å². The van der Waals surface area contributed by atoms with Crippen LogP contribution in [0.15, 0.2) is 18.2 Å². The molecule has 0 spiro atoms. The van der Waals surface area contributed by atoms with Gasteiger partial charge in [-0.25, -0.2) is 0 Å². The molecule has 0 amide bonds. The van der Waals surface area contributed by atoms with Gasteiger partial charge in [0.05, 0.1) is 6.04 Å². The molecular formula is C11H10Cl3N5. The van der Waals surface area contributed by atoms with Crippen LogP contribution >= 0.6 is 34.8 Å². The molecule has 1 aromatic carbocycles. The van der Waals surface area contributed by atoms with Crippen LogP contribution in [0.4, 0.5) is 11.9 Å². The third kappa shape index (κ3) is 3.59. The summed E-state index contributed by atoms with van der Waals surface area (Å²) in [6.07, 6.45) is 0. The molecule has 19 heavy (non-hydrogen) atoms.